The van der Waals surface area contributed by atoms with Gasteiger partial charge in [0.15, 0.2) is 5.78 Å². The fourth-order valence-corrected chi connectivity index (χ4v) is 3.64. The summed E-state index contributed by atoms with van der Waals surface area (Å²) < 4.78 is 10.7. The Kier molecular flexibility index (Phi) is 4.06. The molecule has 1 amide bonds. The van der Waals surface area contributed by atoms with Gasteiger partial charge < -0.3 is 14.4 Å². The van der Waals surface area contributed by atoms with Crippen LogP contribution in [0.2, 0.25) is 0 Å². The van der Waals surface area contributed by atoms with Crippen molar-refractivity contribution in [2.45, 2.75) is 45.6 Å². The number of ketones is 1. The third-order valence-electron chi connectivity index (χ3n) is 4.94. The number of nitrogens with zero attached hydrogens (tertiary/aromatic N) is 1. The number of fused-ring (bicyclic) bond motifs is 1. The molecule has 0 bridgehead atoms. The Hall–Kier alpha value is -2.04. The molecule has 130 valence electrons. The van der Waals surface area contributed by atoms with Gasteiger partial charge in [0, 0.05) is 24.1 Å². The number of carbonyl (C=O) groups excluding carboxylic acids is 2. The third-order valence-corrected chi connectivity index (χ3v) is 4.94. The minimum absolute atomic E-state index is 0.212. The summed E-state index contributed by atoms with van der Waals surface area (Å²) in [7, 11) is 1.63. The van der Waals surface area contributed by atoms with Gasteiger partial charge in [0.05, 0.1) is 7.11 Å². The molecule has 0 N–H and O–H groups in total. The minimum Gasteiger partial charge on any atom is -0.497 e. The third kappa shape index (κ3) is 2.99. The van der Waals surface area contributed by atoms with Crippen LogP contribution in [-0.4, -0.2) is 42.6 Å². The largest absolute Gasteiger partial charge is 0.497 e. The normalized spacial score (nSPS) is 19.3. The number of ether oxygens (including phenoxy) is 2. The van der Waals surface area contributed by atoms with Crippen LogP contribution in [0.15, 0.2) is 18.2 Å². The number of amides is 1. The Morgan fingerprint density at radius 2 is 1.88 bits per heavy atom. The number of rotatable bonds is 1. The van der Waals surface area contributed by atoms with Crippen molar-refractivity contribution in [2.24, 2.45) is 5.41 Å². The van der Waals surface area contributed by atoms with Crippen molar-refractivity contribution in [1.82, 2.24) is 4.90 Å². The highest BCUT2D eigenvalue weighted by molar-refractivity contribution is 6.05. The Bertz CT molecular complexity index is 666. The lowest BCUT2D eigenvalue weighted by Gasteiger charge is -2.38. The van der Waals surface area contributed by atoms with Crippen LogP contribution < -0.4 is 4.74 Å². The first kappa shape index (κ1) is 16.8. The summed E-state index contributed by atoms with van der Waals surface area (Å²) in [5.74, 6) is 0.994. The summed E-state index contributed by atoms with van der Waals surface area (Å²) in [6, 6.07) is 5.67. The second-order valence-electron chi connectivity index (χ2n) is 7.78. The molecule has 1 fully saturated rings. The van der Waals surface area contributed by atoms with E-state index >= 15 is 0 Å². The molecule has 1 aliphatic carbocycles. The molecule has 1 aromatic carbocycles. The lowest BCUT2D eigenvalue weighted by Crippen LogP contribution is -2.47. The number of Topliss-reactive ketones (excluding diaryl/α,β-unsaturated/α-hetero) is 1. The number of likely N-dealkylation sites (tertiary alicyclic amines) is 1. The minimum atomic E-state index is -0.498. The number of carbonyl (C=O) groups is 2. The molecule has 0 unspecified atom stereocenters. The van der Waals surface area contributed by atoms with Gasteiger partial charge in [0.2, 0.25) is 0 Å². The van der Waals surface area contributed by atoms with E-state index in [0.717, 1.165) is 23.3 Å². The summed E-state index contributed by atoms with van der Waals surface area (Å²) in [5.41, 5.74) is 1.00. The van der Waals surface area contributed by atoms with Crippen molar-refractivity contribution < 1.29 is 19.1 Å². The highest BCUT2D eigenvalue weighted by Crippen LogP contribution is 2.45. The molecule has 1 saturated heterocycles. The maximum Gasteiger partial charge on any atom is 0.410 e. The molecule has 0 atom stereocenters. The standard InChI is InChI=1S/C19H25NO4/c1-18(2,3)24-17(22)20-9-7-19(8-10-20)12-13-11-14(23-4)5-6-15(13)16(19)21/h5-6,11H,7-10,12H2,1-4H3. The van der Waals surface area contributed by atoms with Crippen molar-refractivity contribution >= 4 is 11.9 Å². The highest BCUT2D eigenvalue weighted by atomic mass is 16.6. The van der Waals surface area contributed by atoms with Crippen molar-refractivity contribution in [3.05, 3.63) is 29.3 Å². The van der Waals surface area contributed by atoms with E-state index in [9.17, 15) is 9.59 Å². The van der Waals surface area contributed by atoms with Gasteiger partial charge in [-0.1, -0.05) is 0 Å². The molecule has 2 aliphatic rings. The van der Waals surface area contributed by atoms with Crippen molar-refractivity contribution in [3.8, 4) is 5.75 Å². The fourth-order valence-electron chi connectivity index (χ4n) is 3.64. The van der Waals surface area contributed by atoms with Crippen LogP contribution in [-0.2, 0) is 11.2 Å². The maximum atomic E-state index is 12.9. The van der Waals surface area contributed by atoms with Gasteiger partial charge in [-0.3, -0.25) is 4.79 Å². The van der Waals surface area contributed by atoms with Gasteiger partial charge in [-0.25, -0.2) is 4.79 Å². The summed E-state index contributed by atoms with van der Waals surface area (Å²) in [4.78, 5) is 26.8. The molecule has 3 rings (SSSR count). The van der Waals surface area contributed by atoms with Gasteiger partial charge in [0.1, 0.15) is 11.4 Å². The summed E-state index contributed by atoms with van der Waals surface area (Å²) in [6.07, 6.45) is 1.81. The number of benzene rings is 1. The molecule has 1 spiro atoms. The van der Waals surface area contributed by atoms with E-state index in [1.165, 1.54) is 0 Å². The predicted octanol–water partition coefficient (Wildman–Crippen LogP) is 3.45. The van der Waals surface area contributed by atoms with Gasteiger partial charge in [-0.05, 0) is 63.8 Å². The summed E-state index contributed by atoms with van der Waals surface area (Å²) in [5, 5.41) is 0. The molecule has 1 aliphatic heterocycles. The van der Waals surface area contributed by atoms with Crippen molar-refractivity contribution in [3.63, 3.8) is 0 Å². The van der Waals surface area contributed by atoms with E-state index in [1.807, 2.05) is 39.0 Å². The molecular weight excluding hydrogens is 306 g/mol. The first-order valence-corrected chi connectivity index (χ1v) is 8.44. The van der Waals surface area contributed by atoms with Crippen molar-refractivity contribution in [1.29, 1.82) is 0 Å². The zero-order chi connectivity index (χ0) is 17.5. The van der Waals surface area contributed by atoms with Crippen LogP contribution in [0.25, 0.3) is 0 Å². The van der Waals surface area contributed by atoms with Crippen molar-refractivity contribution in [2.75, 3.05) is 20.2 Å². The van der Waals surface area contributed by atoms with E-state index in [2.05, 4.69) is 0 Å². The molecular formula is C19H25NO4. The number of hydrogen-bond donors (Lipinski definition) is 0. The topological polar surface area (TPSA) is 55.8 Å². The quantitative estimate of drug-likeness (QED) is 0.791. The SMILES string of the molecule is COc1ccc2c(c1)CC1(CCN(C(=O)OC(C)(C)C)CC1)C2=O. The number of hydrogen-bond acceptors (Lipinski definition) is 4. The average molecular weight is 331 g/mol. The molecule has 5 nitrogen and oxygen atoms in total. The first-order chi connectivity index (χ1) is 11.2. The molecule has 5 heteroatoms. The monoisotopic (exact) mass is 331 g/mol. The Morgan fingerprint density at radius 3 is 2.46 bits per heavy atom. The molecule has 0 saturated carbocycles. The van der Waals surface area contributed by atoms with Gasteiger partial charge in [-0.2, -0.15) is 0 Å². The van der Waals surface area contributed by atoms with Crippen LogP contribution in [0.5, 0.6) is 5.75 Å². The zero-order valence-corrected chi connectivity index (χ0v) is 14.8. The fraction of sp³-hybridized carbons (Fsp3) is 0.579. The van der Waals surface area contributed by atoms with E-state index in [0.29, 0.717) is 25.9 Å². The average Bonchev–Trinajstić information content (AvgIpc) is 2.78. The summed E-state index contributed by atoms with van der Waals surface area (Å²) >= 11 is 0. The van der Waals surface area contributed by atoms with Crippen LogP contribution in [0, 0.1) is 5.41 Å². The number of piperidine rings is 1. The Morgan fingerprint density at radius 1 is 1.21 bits per heavy atom. The molecule has 1 heterocycles. The highest BCUT2D eigenvalue weighted by Gasteiger charge is 2.48. The van der Waals surface area contributed by atoms with Crippen LogP contribution in [0.3, 0.4) is 0 Å². The van der Waals surface area contributed by atoms with Gasteiger partial charge in [-0.15, -0.1) is 0 Å². The maximum absolute atomic E-state index is 12.9. The van der Waals surface area contributed by atoms with Crippen LogP contribution in [0.4, 0.5) is 4.79 Å². The van der Waals surface area contributed by atoms with E-state index < -0.39 is 5.60 Å². The predicted molar refractivity (Wildman–Crippen MR) is 90.5 cm³/mol. The van der Waals surface area contributed by atoms with E-state index in [1.54, 1.807) is 12.0 Å². The number of methoxy groups -OCH3 is 1. The van der Waals surface area contributed by atoms with Gasteiger partial charge >= 0.3 is 6.09 Å². The smallest absolute Gasteiger partial charge is 0.410 e. The van der Waals surface area contributed by atoms with E-state index in [-0.39, 0.29) is 17.3 Å². The van der Waals surface area contributed by atoms with E-state index in [4.69, 9.17) is 9.47 Å². The zero-order valence-electron chi connectivity index (χ0n) is 14.8. The molecule has 0 radical (unpaired) electrons. The van der Waals surface area contributed by atoms with Crippen LogP contribution >= 0.6 is 0 Å². The Balaban J connectivity index is 1.70. The second-order valence-corrected chi connectivity index (χ2v) is 7.78. The van der Waals surface area contributed by atoms with Crippen LogP contribution in [0.1, 0.15) is 49.5 Å². The lowest BCUT2D eigenvalue weighted by atomic mass is 9.75. The molecule has 0 aromatic heterocycles. The first-order valence-electron chi connectivity index (χ1n) is 8.44. The second kappa shape index (κ2) is 5.80. The summed E-state index contributed by atoms with van der Waals surface area (Å²) in [6.45, 7) is 6.71. The van der Waals surface area contributed by atoms with Gasteiger partial charge in [0.25, 0.3) is 0 Å². The molecule has 24 heavy (non-hydrogen) atoms. The molecule has 1 aromatic rings. The Labute approximate surface area is 142 Å². The lowest BCUT2D eigenvalue weighted by molar-refractivity contribution is 0.0114.